The lowest BCUT2D eigenvalue weighted by atomic mass is 10.1. The first-order chi connectivity index (χ1) is 15.3. The van der Waals surface area contributed by atoms with Crippen molar-refractivity contribution in [3.63, 3.8) is 0 Å². The molecule has 0 aliphatic rings. The molecule has 152 valence electrons. The summed E-state index contributed by atoms with van der Waals surface area (Å²) in [6.45, 7) is 2.76. The molecule has 2 aromatic carbocycles. The van der Waals surface area contributed by atoms with Crippen LogP contribution in [0, 0.1) is 0 Å². The summed E-state index contributed by atoms with van der Waals surface area (Å²) in [5.41, 5.74) is 5.43. The number of aromatic nitrogens is 6. The smallest absolute Gasteiger partial charge is 0.221 e. The highest BCUT2D eigenvalue weighted by molar-refractivity contribution is 5.97. The normalized spacial score (nSPS) is 11.8. The average Bonchev–Trinajstić information content (AvgIpc) is 3.21. The van der Waals surface area contributed by atoms with Crippen LogP contribution in [0.2, 0.25) is 0 Å². The molecule has 0 amide bonds. The second-order valence-corrected chi connectivity index (χ2v) is 7.12. The van der Waals surface area contributed by atoms with Gasteiger partial charge in [0.05, 0.1) is 18.3 Å². The monoisotopic (exact) mass is 409 g/mol. The zero-order valence-corrected chi connectivity index (χ0v) is 16.9. The molecule has 0 fully saturated rings. The van der Waals surface area contributed by atoms with Crippen LogP contribution in [0.3, 0.4) is 0 Å². The minimum Gasteiger partial charge on any atom is -0.391 e. The Balaban J connectivity index is 1.37. The van der Waals surface area contributed by atoms with Crippen LogP contribution >= 0.6 is 0 Å². The fourth-order valence-corrected chi connectivity index (χ4v) is 3.26. The van der Waals surface area contributed by atoms with E-state index in [1.165, 1.54) is 0 Å². The van der Waals surface area contributed by atoms with Crippen LogP contribution in [0.5, 0.6) is 0 Å². The van der Waals surface area contributed by atoms with Crippen molar-refractivity contribution in [1.82, 2.24) is 29.9 Å². The van der Waals surface area contributed by atoms with Crippen LogP contribution in [-0.4, -0.2) is 35.7 Å². The van der Waals surface area contributed by atoms with Crippen LogP contribution in [0.15, 0.2) is 78.2 Å². The molecule has 0 radical (unpaired) electrons. The Hall–Kier alpha value is -4.20. The van der Waals surface area contributed by atoms with Gasteiger partial charge in [0.2, 0.25) is 5.65 Å². The summed E-state index contributed by atoms with van der Waals surface area (Å²) in [4.78, 5) is 18.9. The third-order valence-electron chi connectivity index (χ3n) is 4.87. The lowest BCUT2D eigenvalue weighted by Crippen LogP contribution is -2.06. The van der Waals surface area contributed by atoms with E-state index in [0.29, 0.717) is 35.9 Å². The van der Waals surface area contributed by atoms with Crippen molar-refractivity contribution in [2.24, 2.45) is 5.16 Å². The molecule has 3 aromatic heterocycles. The highest BCUT2D eigenvalue weighted by atomic mass is 16.6. The summed E-state index contributed by atoms with van der Waals surface area (Å²) in [6.07, 6.45) is 3.42. The lowest BCUT2D eigenvalue weighted by molar-refractivity contribution is 0.130. The molecule has 8 nitrogen and oxygen atoms in total. The number of nitrogens with zero attached hydrogens (tertiary/aromatic N) is 7. The first kappa shape index (κ1) is 18.8. The molecule has 0 unspecified atom stereocenters. The highest BCUT2D eigenvalue weighted by Crippen LogP contribution is 2.16. The SMILES string of the molecule is C/C(=N/OCc1ccccc1)c1cnc2nnn(Cc3ccc4ncccc4c3)c2n1. The maximum atomic E-state index is 5.47. The number of rotatable bonds is 6. The predicted molar refractivity (Wildman–Crippen MR) is 117 cm³/mol. The molecule has 0 saturated carbocycles. The Bertz CT molecular complexity index is 1380. The van der Waals surface area contributed by atoms with Gasteiger partial charge in [-0.2, -0.15) is 0 Å². The second kappa shape index (κ2) is 8.27. The van der Waals surface area contributed by atoms with Crippen LogP contribution in [0.1, 0.15) is 23.7 Å². The average molecular weight is 409 g/mol. The lowest BCUT2D eigenvalue weighted by Gasteiger charge is -2.05. The Labute approximate surface area is 178 Å². The Morgan fingerprint density at radius 3 is 2.81 bits per heavy atom. The molecule has 0 bridgehead atoms. The number of fused-ring (bicyclic) bond motifs is 2. The van der Waals surface area contributed by atoms with E-state index in [1.54, 1.807) is 17.1 Å². The number of hydrogen-bond acceptors (Lipinski definition) is 7. The second-order valence-electron chi connectivity index (χ2n) is 7.12. The van der Waals surface area contributed by atoms with E-state index in [2.05, 4.69) is 36.5 Å². The van der Waals surface area contributed by atoms with Gasteiger partial charge in [-0.1, -0.05) is 52.8 Å². The van der Waals surface area contributed by atoms with Crippen molar-refractivity contribution in [3.05, 3.63) is 89.9 Å². The Morgan fingerprint density at radius 2 is 1.90 bits per heavy atom. The summed E-state index contributed by atoms with van der Waals surface area (Å²) in [7, 11) is 0. The summed E-state index contributed by atoms with van der Waals surface area (Å²) in [6, 6.07) is 20.0. The summed E-state index contributed by atoms with van der Waals surface area (Å²) < 4.78 is 1.74. The molecule has 3 heterocycles. The first-order valence-corrected chi connectivity index (χ1v) is 9.87. The van der Waals surface area contributed by atoms with Gasteiger partial charge in [0.15, 0.2) is 5.65 Å². The zero-order valence-electron chi connectivity index (χ0n) is 16.9. The molecular formula is C23H19N7O. The van der Waals surface area contributed by atoms with E-state index >= 15 is 0 Å². The number of oxime groups is 1. The molecule has 0 N–H and O–H groups in total. The van der Waals surface area contributed by atoms with Crippen molar-refractivity contribution in [1.29, 1.82) is 0 Å². The van der Waals surface area contributed by atoms with Gasteiger partial charge >= 0.3 is 0 Å². The molecule has 0 atom stereocenters. The van der Waals surface area contributed by atoms with Gasteiger partial charge in [-0.3, -0.25) is 4.98 Å². The predicted octanol–water partition coefficient (Wildman–Crippen LogP) is 3.76. The van der Waals surface area contributed by atoms with Crippen LogP contribution < -0.4 is 0 Å². The van der Waals surface area contributed by atoms with Gasteiger partial charge in [-0.15, -0.1) is 5.10 Å². The minimum absolute atomic E-state index is 0.393. The molecule has 31 heavy (non-hydrogen) atoms. The van der Waals surface area contributed by atoms with E-state index in [9.17, 15) is 0 Å². The van der Waals surface area contributed by atoms with Crippen LogP contribution in [0.25, 0.3) is 22.2 Å². The maximum absolute atomic E-state index is 5.47. The third kappa shape index (κ3) is 4.09. The summed E-state index contributed by atoms with van der Waals surface area (Å²) in [5.74, 6) is 0. The van der Waals surface area contributed by atoms with E-state index in [-0.39, 0.29) is 0 Å². The fraction of sp³-hybridized carbons (Fsp3) is 0.130. The zero-order chi connectivity index (χ0) is 21.0. The van der Waals surface area contributed by atoms with E-state index in [1.807, 2.05) is 61.5 Å². The van der Waals surface area contributed by atoms with Crippen molar-refractivity contribution < 1.29 is 4.84 Å². The van der Waals surface area contributed by atoms with Crippen molar-refractivity contribution >= 4 is 27.9 Å². The molecule has 5 rings (SSSR count). The van der Waals surface area contributed by atoms with Gasteiger partial charge in [-0.05, 0) is 36.2 Å². The third-order valence-corrected chi connectivity index (χ3v) is 4.87. The van der Waals surface area contributed by atoms with E-state index in [4.69, 9.17) is 4.84 Å². The van der Waals surface area contributed by atoms with E-state index < -0.39 is 0 Å². The Morgan fingerprint density at radius 1 is 1.00 bits per heavy atom. The van der Waals surface area contributed by atoms with Gasteiger partial charge in [0, 0.05) is 11.6 Å². The fourth-order valence-electron chi connectivity index (χ4n) is 3.26. The maximum Gasteiger partial charge on any atom is 0.221 e. The largest absolute Gasteiger partial charge is 0.391 e. The number of benzene rings is 2. The molecule has 5 aromatic rings. The molecule has 0 saturated heterocycles. The molecule has 8 heteroatoms. The van der Waals surface area contributed by atoms with E-state index in [0.717, 1.165) is 22.0 Å². The molecular weight excluding hydrogens is 390 g/mol. The van der Waals surface area contributed by atoms with Crippen LogP contribution in [-0.2, 0) is 18.0 Å². The minimum atomic E-state index is 0.393. The first-order valence-electron chi connectivity index (χ1n) is 9.87. The van der Waals surface area contributed by atoms with Crippen molar-refractivity contribution in [2.45, 2.75) is 20.1 Å². The topological polar surface area (TPSA) is 91.0 Å². The Kier molecular flexibility index (Phi) is 5.02. The van der Waals surface area contributed by atoms with Gasteiger partial charge < -0.3 is 4.84 Å². The molecule has 0 aliphatic heterocycles. The number of pyridine rings is 1. The summed E-state index contributed by atoms with van der Waals surface area (Å²) in [5, 5.41) is 13.6. The molecule has 0 spiro atoms. The van der Waals surface area contributed by atoms with Gasteiger partial charge in [0.1, 0.15) is 18.0 Å². The summed E-state index contributed by atoms with van der Waals surface area (Å²) >= 11 is 0. The van der Waals surface area contributed by atoms with Crippen molar-refractivity contribution in [3.8, 4) is 0 Å². The standard InChI is InChI=1S/C23H19N7O/c1-16(28-31-15-17-6-3-2-4-7-17)21-13-25-22-23(26-21)30(29-27-22)14-18-9-10-20-19(12-18)8-5-11-24-20/h2-13H,14-15H2,1H3/b28-16-. The van der Waals surface area contributed by atoms with Crippen LogP contribution in [0.4, 0.5) is 0 Å². The highest BCUT2D eigenvalue weighted by Gasteiger charge is 2.11. The van der Waals surface area contributed by atoms with Gasteiger partial charge in [-0.25, -0.2) is 14.6 Å². The van der Waals surface area contributed by atoms with Gasteiger partial charge in [0.25, 0.3) is 0 Å². The molecule has 0 aliphatic carbocycles. The number of hydrogen-bond donors (Lipinski definition) is 0. The van der Waals surface area contributed by atoms with Crippen molar-refractivity contribution in [2.75, 3.05) is 0 Å². The quantitative estimate of drug-likeness (QED) is 0.313.